The van der Waals surface area contributed by atoms with Gasteiger partial charge in [-0.1, -0.05) is 72.8 Å². The minimum Gasteiger partial charge on any atom is -0.378 e. The van der Waals surface area contributed by atoms with Crippen molar-refractivity contribution in [1.29, 1.82) is 0 Å². The lowest BCUT2D eigenvalue weighted by atomic mass is 9.89. The molecule has 90 heavy (non-hydrogen) atoms. The number of aryl methyl sites for hydroxylation is 1. The van der Waals surface area contributed by atoms with E-state index in [1.54, 1.807) is 29.2 Å². The number of anilines is 2. The molecule has 22 heteroatoms. The minimum atomic E-state index is -3.86. The molecule has 0 saturated carbocycles. The molecule has 0 aromatic heterocycles. The summed E-state index contributed by atoms with van der Waals surface area (Å²) < 4.78 is 105. The first-order valence-corrected chi connectivity index (χ1v) is 35.9. The number of ether oxygens (including phenoxy) is 1. The molecule has 6 aromatic carbocycles. The highest BCUT2D eigenvalue weighted by atomic mass is 32.2. The van der Waals surface area contributed by atoms with Gasteiger partial charge in [0.15, 0.2) is 0 Å². The van der Waals surface area contributed by atoms with Gasteiger partial charge in [-0.25, -0.2) is 29.6 Å². The lowest BCUT2D eigenvalue weighted by molar-refractivity contribution is -0.132. The van der Waals surface area contributed by atoms with Gasteiger partial charge in [0.1, 0.15) is 5.82 Å². The van der Waals surface area contributed by atoms with Gasteiger partial charge < -0.3 is 30.1 Å². The van der Waals surface area contributed by atoms with Gasteiger partial charge in [0.25, 0.3) is 0 Å². The van der Waals surface area contributed by atoms with Crippen molar-refractivity contribution in [2.45, 2.75) is 84.8 Å². The van der Waals surface area contributed by atoms with Gasteiger partial charge in [0.2, 0.25) is 47.8 Å². The van der Waals surface area contributed by atoms with Gasteiger partial charge >= 0.3 is 0 Å². The number of piperidine rings is 3. The van der Waals surface area contributed by atoms with Crippen LogP contribution in [0.1, 0.15) is 73.1 Å². The molecule has 3 unspecified atom stereocenters. The lowest BCUT2D eigenvalue weighted by Crippen LogP contribution is -2.50. The standard InChI is InChI=1S/C68H81FN8O10S3/c69-60-18-24-63(25-19-60)88(81,82)75-40-38-73(39-41-75)66(78)30-15-52-6-1-8-55(46-52)54-16-13-51(14-17-54)31-33-70-67(79)58-11-4-37-77(49-58)90(85,86)65-28-22-62(23-29-65)74-35-3-10-57(48-74)56-9-2-7-53(47-56)32-34-71-68(80)59-12-5-36-76(50-59)89(83,84)64-26-20-61(21-27-64)72-42-44-87-45-43-72/h1-2,6-9,13-14,16-29,46-47,57-59H,3-5,10-12,15,30-45,48-50H2,(H,70,79)(H,71,80). The van der Waals surface area contributed by atoms with Crippen molar-refractivity contribution in [1.82, 2.24) is 28.4 Å². The Morgan fingerprint density at radius 2 is 0.978 bits per heavy atom. The summed E-state index contributed by atoms with van der Waals surface area (Å²) in [5.41, 5.74) is 8.29. The third kappa shape index (κ3) is 15.6. The van der Waals surface area contributed by atoms with E-state index < -0.39 is 47.7 Å². The second-order valence-corrected chi connectivity index (χ2v) is 30.1. The molecular formula is C68H81FN8O10S3. The Kier molecular flexibility index (Phi) is 20.8. The van der Waals surface area contributed by atoms with Gasteiger partial charge in [0.05, 0.1) is 39.7 Å². The van der Waals surface area contributed by atoms with E-state index in [9.17, 15) is 44.0 Å². The maximum Gasteiger partial charge on any atom is 0.243 e. The number of nitrogens with zero attached hydrogens (tertiary/aromatic N) is 6. The number of nitrogens with one attached hydrogen (secondary N) is 2. The smallest absolute Gasteiger partial charge is 0.243 e. The normalized spacial score (nSPS) is 20.1. The number of sulfonamides is 3. The molecule has 478 valence electrons. The Morgan fingerprint density at radius 3 is 1.57 bits per heavy atom. The van der Waals surface area contributed by atoms with Crippen LogP contribution in [-0.4, -0.2) is 166 Å². The van der Waals surface area contributed by atoms with Crippen LogP contribution in [0.4, 0.5) is 15.8 Å². The average molecular weight is 1290 g/mol. The van der Waals surface area contributed by atoms with E-state index in [1.165, 1.54) is 30.6 Å². The fourth-order valence-corrected chi connectivity index (χ4v) is 17.5. The number of carbonyl (C=O) groups excluding carboxylic acids is 3. The number of hydrogen-bond donors (Lipinski definition) is 2. The van der Waals surface area contributed by atoms with Crippen LogP contribution in [0, 0.1) is 17.7 Å². The van der Waals surface area contributed by atoms with Crippen LogP contribution in [0.25, 0.3) is 11.1 Å². The number of hydrogen-bond acceptors (Lipinski definition) is 12. The molecule has 0 bridgehead atoms. The summed E-state index contributed by atoms with van der Waals surface area (Å²) in [6, 6.07) is 43.6. The van der Waals surface area contributed by atoms with Crippen LogP contribution in [0.5, 0.6) is 0 Å². The predicted octanol–water partition coefficient (Wildman–Crippen LogP) is 7.70. The second-order valence-electron chi connectivity index (χ2n) is 24.2. The highest BCUT2D eigenvalue weighted by Crippen LogP contribution is 2.33. The van der Waals surface area contributed by atoms with Crippen molar-refractivity contribution in [2.24, 2.45) is 11.8 Å². The Morgan fingerprint density at radius 1 is 0.467 bits per heavy atom. The van der Waals surface area contributed by atoms with Crippen molar-refractivity contribution in [2.75, 3.05) is 115 Å². The van der Waals surface area contributed by atoms with Crippen molar-refractivity contribution >= 4 is 59.2 Å². The topological polar surface area (TPSA) is 206 Å². The molecule has 11 rings (SSSR count). The van der Waals surface area contributed by atoms with Gasteiger partial charge in [-0.3, -0.25) is 14.4 Å². The van der Waals surface area contributed by atoms with Gasteiger partial charge in [-0.05, 0) is 164 Å². The van der Waals surface area contributed by atoms with Crippen LogP contribution in [0.2, 0.25) is 0 Å². The van der Waals surface area contributed by atoms with E-state index in [1.807, 2.05) is 66.7 Å². The number of piperazine rings is 1. The van der Waals surface area contributed by atoms with Crippen molar-refractivity contribution in [3.8, 4) is 11.1 Å². The summed E-state index contributed by atoms with van der Waals surface area (Å²) >= 11 is 0. The zero-order valence-corrected chi connectivity index (χ0v) is 53.3. The largest absolute Gasteiger partial charge is 0.378 e. The number of rotatable bonds is 21. The van der Waals surface area contributed by atoms with E-state index in [-0.39, 0.29) is 84.0 Å². The van der Waals surface area contributed by atoms with Crippen LogP contribution >= 0.6 is 0 Å². The summed E-state index contributed by atoms with van der Waals surface area (Å²) in [6.45, 7) is 7.14. The van der Waals surface area contributed by atoms with Crippen molar-refractivity contribution < 1.29 is 48.8 Å². The molecule has 5 heterocycles. The highest BCUT2D eigenvalue weighted by Gasteiger charge is 2.36. The Bertz CT molecular complexity index is 3810. The van der Waals surface area contributed by atoms with E-state index in [2.05, 4.69) is 50.8 Å². The molecule has 0 aliphatic carbocycles. The molecule has 3 atom stereocenters. The van der Waals surface area contributed by atoms with E-state index in [4.69, 9.17) is 4.74 Å². The zero-order valence-electron chi connectivity index (χ0n) is 50.8. The highest BCUT2D eigenvalue weighted by molar-refractivity contribution is 7.89. The SMILES string of the molecule is O=C(NCCc1ccc(-c2cccc(CCC(=O)N3CCN(S(=O)(=O)c4ccc(F)cc4)CC3)c2)cc1)C1CCCN(S(=O)(=O)c2ccc(N3CCCC(c4cccc(CCNC(=O)C5CCCN(S(=O)(=O)c6ccc(N7CCOCC7)cc6)C5)c4)C3)cc2)C1. The molecule has 5 saturated heterocycles. The monoisotopic (exact) mass is 1280 g/mol. The van der Waals surface area contributed by atoms with E-state index in [0.29, 0.717) is 84.3 Å². The Labute approximate surface area is 529 Å². The minimum absolute atomic E-state index is 0.0278. The number of carbonyl (C=O) groups is 3. The molecule has 5 aliphatic heterocycles. The molecule has 3 amide bonds. The fraction of sp³-hybridized carbons (Fsp3) is 0.426. The summed E-state index contributed by atoms with van der Waals surface area (Å²) in [5.74, 6) is -1.49. The Hall–Kier alpha value is -7.05. The van der Waals surface area contributed by atoms with Gasteiger partial charge in [0, 0.05) is 115 Å². The maximum atomic E-state index is 14.1. The maximum absolute atomic E-state index is 14.1. The third-order valence-corrected chi connectivity index (χ3v) is 24.0. The predicted molar refractivity (Wildman–Crippen MR) is 345 cm³/mol. The number of benzene rings is 6. The first kappa shape index (κ1) is 64.5. The van der Waals surface area contributed by atoms with Crippen LogP contribution in [0.3, 0.4) is 0 Å². The van der Waals surface area contributed by atoms with Gasteiger partial charge in [-0.2, -0.15) is 12.9 Å². The molecule has 18 nitrogen and oxygen atoms in total. The van der Waals surface area contributed by atoms with E-state index >= 15 is 0 Å². The average Bonchev–Trinajstić information content (AvgIpc) is 2.23. The molecule has 6 aromatic rings. The summed E-state index contributed by atoms with van der Waals surface area (Å²) in [6.07, 6.45) is 6.44. The zero-order chi connectivity index (χ0) is 62.8. The lowest BCUT2D eigenvalue weighted by Gasteiger charge is -2.35. The van der Waals surface area contributed by atoms with Gasteiger partial charge in [-0.15, -0.1) is 0 Å². The summed E-state index contributed by atoms with van der Waals surface area (Å²) in [4.78, 5) is 46.8. The fourth-order valence-electron chi connectivity index (χ4n) is 13.1. The first-order valence-electron chi connectivity index (χ1n) is 31.6. The number of halogens is 1. The third-order valence-electron chi connectivity index (χ3n) is 18.4. The summed E-state index contributed by atoms with van der Waals surface area (Å²) in [5, 5.41) is 6.15. The summed E-state index contributed by atoms with van der Waals surface area (Å²) in [7, 11) is -11.4. The molecule has 0 spiro atoms. The van der Waals surface area contributed by atoms with Crippen LogP contribution in [0.15, 0.2) is 160 Å². The molecular weight excluding hydrogens is 1200 g/mol. The van der Waals surface area contributed by atoms with Crippen LogP contribution in [-0.2, 0) is 68.5 Å². The van der Waals surface area contributed by atoms with Crippen LogP contribution < -0.4 is 20.4 Å². The Balaban J connectivity index is 0.597. The quantitative estimate of drug-likeness (QED) is 0.0712. The van der Waals surface area contributed by atoms with Crippen molar-refractivity contribution in [3.05, 3.63) is 174 Å². The number of amides is 3. The molecule has 0 radical (unpaired) electrons. The number of morpholine rings is 1. The second kappa shape index (κ2) is 29.1. The molecule has 2 N–H and O–H groups in total. The molecule has 5 fully saturated rings. The van der Waals surface area contributed by atoms with E-state index in [0.717, 1.165) is 90.3 Å². The van der Waals surface area contributed by atoms with Crippen molar-refractivity contribution in [3.63, 3.8) is 0 Å². The molecule has 5 aliphatic rings. The first-order chi connectivity index (χ1) is 43.5.